The molecule has 0 unspecified atom stereocenters. The van der Waals surface area contributed by atoms with E-state index in [1.54, 1.807) is 11.3 Å². The fourth-order valence-corrected chi connectivity index (χ4v) is 3.59. The van der Waals surface area contributed by atoms with Crippen LogP contribution in [0.4, 0.5) is 0 Å². The lowest BCUT2D eigenvalue weighted by molar-refractivity contribution is 0.684. The highest BCUT2D eigenvalue weighted by atomic mass is 35.5. The molecule has 0 spiro atoms. The number of nitrogens with zero attached hydrogens (tertiary/aromatic N) is 1. The minimum absolute atomic E-state index is 0.746. The lowest BCUT2D eigenvalue weighted by Gasteiger charge is -2.04. The van der Waals surface area contributed by atoms with Gasteiger partial charge in [0.25, 0.3) is 0 Å². The molecular weight excluding hydrogens is 347 g/mol. The van der Waals surface area contributed by atoms with Gasteiger partial charge in [0.1, 0.15) is 5.01 Å². The molecule has 1 heterocycles. The van der Waals surface area contributed by atoms with Crippen molar-refractivity contribution in [2.45, 2.75) is 13.0 Å². The van der Waals surface area contributed by atoms with Crippen LogP contribution in [0.2, 0.25) is 10.0 Å². The molecule has 0 aliphatic carbocycles. The summed E-state index contributed by atoms with van der Waals surface area (Å²) in [7, 11) is 0. The highest BCUT2D eigenvalue weighted by molar-refractivity contribution is 7.15. The van der Waals surface area contributed by atoms with Gasteiger partial charge in [-0.2, -0.15) is 0 Å². The molecule has 0 saturated heterocycles. The number of thiazole rings is 1. The van der Waals surface area contributed by atoms with Crippen molar-refractivity contribution in [2.75, 3.05) is 6.54 Å². The van der Waals surface area contributed by atoms with E-state index in [1.807, 2.05) is 48.7 Å². The normalized spacial score (nSPS) is 10.9. The average Bonchev–Trinajstić information content (AvgIpc) is 3.02. The molecule has 0 bridgehead atoms. The van der Waals surface area contributed by atoms with Crippen molar-refractivity contribution >= 4 is 34.5 Å². The van der Waals surface area contributed by atoms with Crippen LogP contribution in [-0.4, -0.2) is 11.5 Å². The summed E-state index contributed by atoms with van der Waals surface area (Å²) >= 11 is 13.9. The number of aromatic nitrogens is 1. The van der Waals surface area contributed by atoms with E-state index in [0.29, 0.717) is 0 Å². The first kappa shape index (κ1) is 16.5. The summed E-state index contributed by atoms with van der Waals surface area (Å²) in [6.07, 6.45) is 2.81. The molecule has 3 aromatic rings. The van der Waals surface area contributed by atoms with Gasteiger partial charge in [-0.25, -0.2) is 4.98 Å². The summed E-state index contributed by atoms with van der Waals surface area (Å²) < 4.78 is 0. The van der Waals surface area contributed by atoms with E-state index in [4.69, 9.17) is 23.2 Å². The van der Waals surface area contributed by atoms with E-state index in [0.717, 1.165) is 45.0 Å². The summed E-state index contributed by atoms with van der Waals surface area (Å²) in [5.41, 5.74) is 2.28. The maximum absolute atomic E-state index is 6.16. The van der Waals surface area contributed by atoms with Crippen LogP contribution in [0.25, 0.3) is 10.4 Å². The summed E-state index contributed by atoms with van der Waals surface area (Å²) in [6, 6.07) is 15.8. The van der Waals surface area contributed by atoms with Crippen molar-refractivity contribution < 1.29 is 0 Å². The zero-order valence-electron chi connectivity index (χ0n) is 12.4. The summed E-state index contributed by atoms with van der Waals surface area (Å²) in [4.78, 5) is 5.61. The minimum Gasteiger partial charge on any atom is -0.310 e. The van der Waals surface area contributed by atoms with Gasteiger partial charge in [-0.1, -0.05) is 53.5 Å². The van der Waals surface area contributed by atoms with Crippen molar-refractivity contribution in [1.29, 1.82) is 0 Å². The Morgan fingerprint density at radius 3 is 2.74 bits per heavy atom. The Morgan fingerprint density at radius 2 is 1.91 bits per heavy atom. The lowest BCUT2D eigenvalue weighted by Crippen LogP contribution is -2.16. The molecular formula is C18H16Cl2N2S. The first-order chi connectivity index (χ1) is 11.2. The zero-order valence-corrected chi connectivity index (χ0v) is 14.8. The quantitative estimate of drug-likeness (QED) is 0.589. The smallest absolute Gasteiger partial charge is 0.107 e. The van der Waals surface area contributed by atoms with Crippen molar-refractivity contribution in [3.63, 3.8) is 0 Å². The van der Waals surface area contributed by atoms with Gasteiger partial charge in [0, 0.05) is 22.8 Å². The molecule has 0 fully saturated rings. The minimum atomic E-state index is 0.746. The van der Waals surface area contributed by atoms with Crippen molar-refractivity contribution in [2.24, 2.45) is 0 Å². The molecule has 1 N–H and O–H groups in total. The van der Waals surface area contributed by atoms with Gasteiger partial charge in [-0.15, -0.1) is 11.3 Å². The van der Waals surface area contributed by atoms with Crippen LogP contribution < -0.4 is 5.32 Å². The molecule has 5 heteroatoms. The second-order valence-corrected chi connectivity index (χ2v) is 7.11. The molecule has 0 amide bonds. The Morgan fingerprint density at radius 1 is 1.04 bits per heavy atom. The molecule has 3 rings (SSSR count). The fraction of sp³-hybridized carbons (Fsp3) is 0.167. The van der Waals surface area contributed by atoms with E-state index in [1.165, 1.54) is 5.56 Å². The number of halogens is 2. The summed E-state index contributed by atoms with van der Waals surface area (Å²) in [5, 5.41) is 6.06. The van der Waals surface area contributed by atoms with E-state index >= 15 is 0 Å². The third-order valence-corrected chi connectivity index (χ3v) is 5.12. The van der Waals surface area contributed by atoms with Crippen molar-refractivity contribution in [3.8, 4) is 10.4 Å². The van der Waals surface area contributed by atoms with Gasteiger partial charge in [0.05, 0.1) is 4.88 Å². The second kappa shape index (κ2) is 7.93. The Bertz CT molecular complexity index is 786. The van der Waals surface area contributed by atoms with E-state index in [-0.39, 0.29) is 0 Å². The summed E-state index contributed by atoms with van der Waals surface area (Å²) in [6.45, 7) is 1.63. The largest absolute Gasteiger partial charge is 0.310 e. The first-order valence-electron chi connectivity index (χ1n) is 7.37. The molecule has 0 aliphatic heterocycles. The topological polar surface area (TPSA) is 24.9 Å². The van der Waals surface area contributed by atoms with Gasteiger partial charge in [-0.05, 0) is 42.3 Å². The zero-order chi connectivity index (χ0) is 16.1. The van der Waals surface area contributed by atoms with Crippen LogP contribution in [-0.2, 0) is 13.0 Å². The van der Waals surface area contributed by atoms with Gasteiger partial charge < -0.3 is 5.32 Å². The van der Waals surface area contributed by atoms with Gasteiger partial charge >= 0.3 is 0 Å². The van der Waals surface area contributed by atoms with Crippen LogP contribution in [0.3, 0.4) is 0 Å². The van der Waals surface area contributed by atoms with Crippen LogP contribution in [0.1, 0.15) is 10.6 Å². The van der Waals surface area contributed by atoms with Crippen molar-refractivity contribution in [1.82, 2.24) is 10.3 Å². The number of hydrogen-bond acceptors (Lipinski definition) is 3. The Labute approximate surface area is 150 Å². The molecule has 0 atom stereocenters. The second-order valence-electron chi connectivity index (χ2n) is 5.15. The number of nitrogens with one attached hydrogen (secondary N) is 1. The van der Waals surface area contributed by atoms with Gasteiger partial charge in [0.2, 0.25) is 0 Å². The molecule has 118 valence electrons. The molecule has 0 saturated carbocycles. The Balaban J connectivity index is 1.53. The predicted molar refractivity (Wildman–Crippen MR) is 99.4 cm³/mol. The van der Waals surface area contributed by atoms with E-state index < -0.39 is 0 Å². The third-order valence-electron chi connectivity index (χ3n) is 3.47. The third kappa shape index (κ3) is 4.55. The Hall–Kier alpha value is -1.39. The number of rotatable bonds is 6. The van der Waals surface area contributed by atoms with E-state index in [2.05, 4.69) is 16.4 Å². The monoisotopic (exact) mass is 362 g/mol. The molecule has 2 nitrogen and oxygen atoms in total. The molecule has 0 radical (unpaired) electrons. The SMILES string of the molecule is Clc1cccc(-c2cnc(CNCCc3ccccc3Cl)s2)c1. The predicted octanol–water partition coefficient (Wildman–Crippen LogP) is 5.45. The Kier molecular flexibility index (Phi) is 5.68. The van der Waals surface area contributed by atoms with Crippen LogP contribution in [0, 0.1) is 0 Å². The average molecular weight is 363 g/mol. The van der Waals surface area contributed by atoms with Gasteiger partial charge in [0.15, 0.2) is 0 Å². The highest BCUT2D eigenvalue weighted by Gasteiger charge is 2.05. The molecule has 1 aromatic heterocycles. The van der Waals surface area contributed by atoms with Crippen LogP contribution in [0.15, 0.2) is 54.7 Å². The highest BCUT2D eigenvalue weighted by Crippen LogP contribution is 2.28. The maximum Gasteiger partial charge on any atom is 0.107 e. The van der Waals surface area contributed by atoms with Gasteiger partial charge in [-0.3, -0.25) is 0 Å². The van der Waals surface area contributed by atoms with Crippen LogP contribution >= 0.6 is 34.5 Å². The molecule has 2 aromatic carbocycles. The molecule has 0 aliphatic rings. The summed E-state index contributed by atoms with van der Waals surface area (Å²) in [5.74, 6) is 0. The lowest BCUT2D eigenvalue weighted by atomic mass is 10.1. The first-order valence-corrected chi connectivity index (χ1v) is 8.94. The number of hydrogen-bond donors (Lipinski definition) is 1. The van der Waals surface area contributed by atoms with Crippen molar-refractivity contribution in [3.05, 3.63) is 75.3 Å². The fourth-order valence-electron chi connectivity index (χ4n) is 2.29. The van der Waals surface area contributed by atoms with E-state index in [9.17, 15) is 0 Å². The molecule has 23 heavy (non-hydrogen) atoms. The number of benzene rings is 2. The maximum atomic E-state index is 6.16. The van der Waals surface area contributed by atoms with Crippen LogP contribution in [0.5, 0.6) is 0 Å². The standard InChI is InChI=1S/C18H16Cl2N2S/c19-15-6-3-5-14(10-15)17-11-22-18(23-17)12-21-9-8-13-4-1-2-7-16(13)20/h1-7,10-11,21H,8-9,12H2.